The van der Waals surface area contributed by atoms with E-state index in [4.69, 9.17) is 4.74 Å². The summed E-state index contributed by atoms with van der Waals surface area (Å²) >= 11 is 0. The Balaban J connectivity index is 3.18. The number of nitrogens with one attached hydrogen (secondary N) is 1. The van der Waals surface area contributed by atoms with Crippen molar-refractivity contribution in [1.82, 2.24) is 5.32 Å². The van der Waals surface area contributed by atoms with Gasteiger partial charge in [0, 0.05) is 19.8 Å². The lowest BCUT2D eigenvalue weighted by atomic mass is 10.0. The highest BCUT2D eigenvalue weighted by atomic mass is 16.5. The van der Waals surface area contributed by atoms with E-state index in [0.29, 0.717) is 12.5 Å². The number of rotatable bonds is 9. The van der Waals surface area contributed by atoms with E-state index in [1.807, 2.05) is 13.8 Å². The molecule has 0 aliphatic heterocycles. The van der Waals surface area contributed by atoms with Crippen molar-refractivity contribution >= 4 is 0 Å². The second kappa shape index (κ2) is 8.08. The van der Waals surface area contributed by atoms with E-state index in [0.717, 1.165) is 32.6 Å². The average molecular weight is 217 g/mol. The maximum atomic E-state index is 9.70. The van der Waals surface area contributed by atoms with Crippen molar-refractivity contribution in [2.75, 3.05) is 26.3 Å². The van der Waals surface area contributed by atoms with E-state index in [1.54, 1.807) is 0 Å². The molecule has 0 aromatic carbocycles. The predicted octanol–water partition coefficient (Wildman–Crippen LogP) is 1.80. The number of hydrogen-bond donors (Lipinski definition) is 2. The van der Waals surface area contributed by atoms with Gasteiger partial charge in [0.25, 0.3) is 0 Å². The van der Waals surface area contributed by atoms with Crippen molar-refractivity contribution in [3.63, 3.8) is 0 Å². The summed E-state index contributed by atoms with van der Waals surface area (Å²) < 4.78 is 5.45. The zero-order valence-electron chi connectivity index (χ0n) is 10.7. The fraction of sp³-hybridized carbons (Fsp3) is 1.00. The smallest absolute Gasteiger partial charge is 0.0740 e. The molecule has 15 heavy (non-hydrogen) atoms. The van der Waals surface area contributed by atoms with E-state index >= 15 is 0 Å². The molecule has 3 nitrogen and oxygen atoms in total. The van der Waals surface area contributed by atoms with Crippen molar-refractivity contribution < 1.29 is 9.84 Å². The third-order valence-electron chi connectivity index (χ3n) is 2.36. The molecule has 0 radical (unpaired) electrons. The lowest BCUT2D eigenvalue weighted by Gasteiger charge is -2.21. The molecule has 1 unspecified atom stereocenters. The molecule has 0 fully saturated rings. The maximum Gasteiger partial charge on any atom is 0.0740 e. The van der Waals surface area contributed by atoms with Crippen LogP contribution in [-0.4, -0.2) is 37.0 Å². The Morgan fingerprint density at radius 1 is 1.40 bits per heavy atom. The molecule has 1 atom stereocenters. The zero-order valence-corrected chi connectivity index (χ0v) is 10.7. The van der Waals surface area contributed by atoms with Gasteiger partial charge in [-0.2, -0.15) is 0 Å². The quantitative estimate of drug-likeness (QED) is 0.579. The van der Waals surface area contributed by atoms with Crippen molar-refractivity contribution in [1.29, 1.82) is 0 Å². The van der Waals surface area contributed by atoms with E-state index in [2.05, 4.69) is 19.2 Å². The molecule has 0 rings (SSSR count). The Morgan fingerprint density at radius 3 is 2.60 bits per heavy atom. The SMILES string of the molecule is CCC(C)(O)CNCCCOCC(C)C. The molecule has 92 valence electrons. The number of hydrogen-bond acceptors (Lipinski definition) is 3. The second-order valence-electron chi connectivity index (χ2n) is 4.85. The first kappa shape index (κ1) is 14.9. The summed E-state index contributed by atoms with van der Waals surface area (Å²) in [4.78, 5) is 0. The molecular weight excluding hydrogens is 190 g/mol. The molecule has 2 N–H and O–H groups in total. The minimum atomic E-state index is -0.571. The largest absolute Gasteiger partial charge is 0.389 e. The van der Waals surface area contributed by atoms with Gasteiger partial charge in [-0.3, -0.25) is 0 Å². The van der Waals surface area contributed by atoms with E-state index in [-0.39, 0.29) is 0 Å². The third kappa shape index (κ3) is 10.2. The second-order valence-corrected chi connectivity index (χ2v) is 4.85. The lowest BCUT2D eigenvalue weighted by Crippen LogP contribution is -2.37. The summed E-state index contributed by atoms with van der Waals surface area (Å²) in [5.74, 6) is 0.610. The highest BCUT2D eigenvalue weighted by Crippen LogP contribution is 2.05. The summed E-state index contributed by atoms with van der Waals surface area (Å²) in [5.41, 5.74) is -0.571. The van der Waals surface area contributed by atoms with Crippen LogP contribution in [0.1, 0.15) is 40.5 Å². The normalized spacial score (nSPS) is 15.6. The Hall–Kier alpha value is -0.120. The number of ether oxygens (including phenoxy) is 1. The molecule has 0 aromatic heterocycles. The van der Waals surface area contributed by atoms with Crippen LogP contribution in [-0.2, 0) is 4.74 Å². The van der Waals surface area contributed by atoms with Crippen molar-refractivity contribution in [2.45, 2.75) is 46.1 Å². The molecule has 0 amide bonds. The maximum absolute atomic E-state index is 9.70. The van der Waals surface area contributed by atoms with Crippen LogP contribution in [0.4, 0.5) is 0 Å². The van der Waals surface area contributed by atoms with Gasteiger partial charge in [0.15, 0.2) is 0 Å². The summed E-state index contributed by atoms with van der Waals surface area (Å²) in [6.45, 7) is 11.4. The zero-order chi connectivity index (χ0) is 11.7. The Bertz CT molecular complexity index is 147. The first-order valence-corrected chi connectivity index (χ1v) is 5.99. The molecule has 0 aromatic rings. The highest BCUT2D eigenvalue weighted by Gasteiger charge is 2.15. The molecule has 3 heteroatoms. The van der Waals surface area contributed by atoms with Crippen molar-refractivity contribution in [3.8, 4) is 0 Å². The Kier molecular flexibility index (Phi) is 8.02. The summed E-state index contributed by atoms with van der Waals surface area (Å²) in [7, 11) is 0. The van der Waals surface area contributed by atoms with Crippen LogP contribution in [0.25, 0.3) is 0 Å². The lowest BCUT2D eigenvalue weighted by molar-refractivity contribution is 0.0544. The van der Waals surface area contributed by atoms with Gasteiger partial charge in [-0.15, -0.1) is 0 Å². The number of aliphatic hydroxyl groups is 1. The van der Waals surface area contributed by atoms with Crippen molar-refractivity contribution in [3.05, 3.63) is 0 Å². The fourth-order valence-corrected chi connectivity index (χ4v) is 1.10. The van der Waals surface area contributed by atoms with E-state index in [1.165, 1.54) is 0 Å². The van der Waals surface area contributed by atoms with Gasteiger partial charge in [-0.25, -0.2) is 0 Å². The van der Waals surface area contributed by atoms with Gasteiger partial charge in [-0.1, -0.05) is 20.8 Å². The summed E-state index contributed by atoms with van der Waals surface area (Å²) in [6.07, 6.45) is 1.79. The van der Waals surface area contributed by atoms with E-state index in [9.17, 15) is 5.11 Å². The fourth-order valence-electron chi connectivity index (χ4n) is 1.10. The third-order valence-corrected chi connectivity index (χ3v) is 2.36. The molecule has 0 saturated heterocycles. The molecule has 0 saturated carbocycles. The van der Waals surface area contributed by atoms with Crippen LogP contribution in [0.15, 0.2) is 0 Å². The monoisotopic (exact) mass is 217 g/mol. The van der Waals surface area contributed by atoms with Gasteiger partial charge in [0.05, 0.1) is 5.60 Å². The summed E-state index contributed by atoms with van der Waals surface area (Å²) in [5, 5.41) is 12.9. The molecule has 0 heterocycles. The van der Waals surface area contributed by atoms with Crippen molar-refractivity contribution in [2.24, 2.45) is 5.92 Å². The standard InChI is InChI=1S/C12H27NO2/c1-5-12(4,14)10-13-7-6-8-15-9-11(2)3/h11,13-14H,5-10H2,1-4H3. The topological polar surface area (TPSA) is 41.5 Å². The van der Waals surface area contributed by atoms with Gasteiger partial charge in [0.2, 0.25) is 0 Å². The summed E-state index contributed by atoms with van der Waals surface area (Å²) in [6, 6.07) is 0. The van der Waals surface area contributed by atoms with Gasteiger partial charge in [0.1, 0.15) is 0 Å². The van der Waals surface area contributed by atoms with Crippen LogP contribution >= 0.6 is 0 Å². The van der Waals surface area contributed by atoms with Gasteiger partial charge >= 0.3 is 0 Å². The van der Waals surface area contributed by atoms with Crippen LogP contribution in [0, 0.1) is 5.92 Å². The average Bonchev–Trinajstić information content (AvgIpc) is 2.16. The minimum absolute atomic E-state index is 0.571. The van der Waals surface area contributed by atoms with E-state index < -0.39 is 5.60 Å². The van der Waals surface area contributed by atoms with Crippen LogP contribution < -0.4 is 5.32 Å². The van der Waals surface area contributed by atoms with Crippen LogP contribution in [0.5, 0.6) is 0 Å². The Morgan fingerprint density at radius 2 is 2.07 bits per heavy atom. The highest BCUT2D eigenvalue weighted by molar-refractivity contribution is 4.72. The van der Waals surface area contributed by atoms with Gasteiger partial charge < -0.3 is 15.2 Å². The van der Waals surface area contributed by atoms with Crippen LogP contribution in [0.2, 0.25) is 0 Å². The molecular formula is C12H27NO2. The van der Waals surface area contributed by atoms with Gasteiger partial charge in [-0.05, 0) is 32.2 Å². The first-order chi connectivity index (χ1) is 6.98. The van der Waals surface area contributed by atoms with Crippen LogP contribution in [0.3, 0.4) is 0 Å². The molecule has 0 bridgehead atoms. The minimum Gasteiger partial charge on any atom is -0.389 e. The first-order valence-electron chi connectivity index (χ1n) is 5.99. The Labute approximate surface area is 94.2 Å². The predicted molar refractivity (Wildman–Crippen MR) is 64.1 cm³/mol. The molecule has 0 aliphatic rings. The molecule has 0 aliphatic carbocycles. The molecule has 0 spiro atoms.